The predicted octanol–water partition coefficient (Wildman–Crippen LogP) is 8.79. The molecule has 0 spiro atoms. The van der Waals surface area contributed by atoms with Gasteiger partial charge >= 0.3 is 6.18 Å². The zero-order valence-electron chi connectivity index (χ0n) is 23.8. The van der Waals surface area contributed by atoms with Gasteiger partial charge in [-0.2, -0.15) is 13.2 Å². The molecule has 1 aliphatic rings. The highest BCUT2D eigenvalue weighted by molar-refractivity contribution is 7.80. The molecule has 0 amide bonds. The third-order valence-corrected chi connectivity index (χ3v) is 8.02. The SMILES string of the molecule is Cc1ccc(Oc2ccc(N3C(=S)N[C@@H](c4ccccn4)[C@@H]3c3cc(C)n(-c4ccccc4C(F)(F)F)c3C)cc2)cc1. The van der Waals surface area contributed by atoms with Crippen LogP contribution in [0.5, 0.6) is 11.5 Å². The number of nitrogens with one attached hydrogen (secondary N) is 1. The van der Waals surface area contributed by atoms with Crippen molar-refractivity contribution in [2.45, 2.75) is 39.0 Å². The van der Waals surface area contributed by atoms with Crippen LogP contribution in [0.3, 0.4) is 0 Å². The van der Waals surface area contributed by atoms with Crippen LogP contribution < -0.4 is 15.0 Å². The number of aromatic nitrogens is 2. The molecule has 0 saturated carbocycles. The second kappa shape index (κ2) is 11.2. The smallest absolute Gasteiger partial charge is 0.418 e. The molecule has 218 valence electrons. The minimum absolute atomic E-state index is 0.0864. The molecule has 3 heterocycles. The van der Waals surface area contributed by atoms with E-state index in [2.05, 4.69) is 10.3 Å². The van der Waals surface area contributed by atoms with Gasteiger partial charge in [-0.3, -0.25) is 4.98 Å². The maximum atomic E-state index is 14.0. The lowest BCUT2D eigenvalue weighted by molar-refractivity contribution is -0.137. The van der Waals surface area contributed by atoms with Crippen molar-refractivity contribution < 1.29 is 17.9 Å². The van der Waals surface area contributed by atoms with Crippen molar-refractivity contribution in [3.63, 3.8) is 0 Å². The lowest BCUT2D eigenvalue weighted by atomic mass is 9.96. The Hall–Kier alpha value is -4.63. The minimum Gasteiger partial charge on any atom is -0.457 e. The van der Waals surface area contributed by atoms with E-state index in [1.54, 1.807) is 16.8 Å². The summed E-state index contributed by atoms with van der Waals surface area (Å²) in [5.41, 5.74) is 4.35. The molecule has 0 unspecified atom stereocenters. The molecule has 3 aromatic carbocycles. The van der Waals surface area contributed by atoms with E-state index in [-0.39, 0.29) is 17.8 Å². The second-order valence-corrected chi connectivity index (χ2v) is 11.0. The van der Waals surface area contributed by atoms with Crippen LogP contribution in [0.25, 0.3) is 5.69 Å². The van der Waals surface area contributed by atoms with Crippen molar-refractivity contribution in [2.75, 3.05) is 4.90 Å². The number of ether oxygens (including phenoxy) is 1. The Morgan fingerprint density at radius 2 is 1.49 bits per heavy atom. The molecule has 1 aliphatic heterocycles. The van der Waals surface area contributed by atoms with Crippen molar-refractivity contribution in [1.29, 1.82) is 0 Å². The number of nitrogens with zero attached hydrogens (tertiary/aromatic N) is 3. The first-order valence-electron chi connectivity index (χ1n) is 13.8. The van der Waals surface area contributed by atoms with Gasteiger partial charge in [0.1, 0.15) is 11.5 Å². The Morgan fingerprint density at radius 3 is 2.14 bits per heavy atom. The van der Waals surface area contributed by atoms with Gasteiger partial charge in [0, 0.05) is 23.3 Å². The highest BCUT2D eigenvalue weighted by Crippen LogP contribution is 2.45. The summed E-state index contributed by atoms with van der Waals surface area (Å²) < 4.78 is 49.8. The van der Waals surface area contributed by atoms with Crippen LogP contribution >= 0.6 is 12.2 Å². The molecule has 2 aromatic heterocycles. The molecule has 6 rings (SSSR count). The number of halogens is 3. The summed E-state index contributed by atoms with van der Waals surface area (Å²) in [6.45, 7) is 5.69. The Morgan fingerprint density at radius 1 is 0.837 bits per heavy atom. The van der Waals surface area contributed by atoms with Crippen LogP contribution in [0.4, 0.5) is 18.9 Å². The lowest BCUT2D eigenvalue weighted by Gasteiger charge is -2.28. The van der Waals surface area contributed by atoms with Gasteiger partial charge in [-0.1, -0.05) is 35.9 Å². The fraction of sp³-hybridized carbons (Fsp3) is 0.176. The molecule has 5 nitrogen and oxygen atoms in total. The molecule has 0 radical (unpaired) electrons. The van der Waals surface area contributed by atoms with Crippen LogP contribution in [0.15, 0.2) is 103 Å². The predicted molar refractivity (Wildman–Crippen MR) is 166 cm³/mol. The summed E-state index contributed by atoms with van der Waals surface area (Å²) in [7, 11) is 0. The third kappa shape index (κ3) is 5.48. The molecular formula is C34H29F3N4OS. The first-order valence-corrected chi connectivity index (χ1v) is 14.2. The zero-order chi connectivity index (χ0) is 30.3. The molecule has 9 heteroatoms. The Bertz CT molecular complexity index is 1770. The normalized spacial score (nSPS) is 16.8. The van der Waals surface area contributed by atoms with Crippen LogP contribution in [-0.4, -0.2) is 14.7 Å². The van der Waals surface area contributed by atoms with Crippen molar-refractivity contribution in [1.82, 2.24) is 14.9 Å². The maximum Gasteiger partial charge on any atom is 0.418 e. The topological polar surface area (TPSA) is 42.3 Å². The fourth-order valence-corrected chi connectivity index (χ4v) is 6.08. The Kier molecular flexibility index (Phi) is 7.43. The molecule has 43 heavy (non-hydrogen) atoms. The Balaban J connectivity index is 1.43. The summed E-state index contributed by atoms with van der Waals surface area (Å²) in [5.74, 6) is 1.40. The highest BCUT2D eigenvalue weighted by atomic mass is 32.1. The average molecular weight is 599 g/mol. The molecular weight excluding hydrogens is 569 g/mol. The number of benzene rings is 3. The van der Waals surface area contributed by atoms with Gasteiger partial charge in [0.05, 0.1) is 29.0 Å². The van der Waals surface area contributed by atoms with E-state index in [0.29, 0.717) is 22.2 Å². The first kappa shape index (κ1) is 28.5. The number of aryl methyl sites for hydroxylation is 2. The average Bonchev–Trinajstić information content (AvgIpc) is 3.49. The van der Waals surface area contributed by atoms with Gasteiger partial charge in [0.25, 0.3) is 0 Å². The zero-order valence-corrected chi connectivity index (χ0v) is 24.6. The van der Waals surface area contributed by atoms with E-state index >= 15 is 0 Å². The number of anilines is 1. The summed E-state index contributed by atoms with van der Waals surface area (Å²) in [6, 6.07) is 28.0. The molecule has 2 atom stereocenters. The summed E-state index contributed by atoms with van der Waals surface area (Å²) in [6.07, 6.45) is -2.78. The summed E-state index contributed by atoms with van der Waals surface area (Å²) >= 11 is 5.87. The van der Waals surface area contributed by atoms with Gasteiger partial charge in [0.15, 0.2) is 5.11 Å². The van der Waals surface area contributed by atoms with Crippen LogP contribution in [-0.2, 0) is 6.18 Å². The van der Waals surface area contributed by atoms with Crippen molar-refractivity contribution in [3.05, 3.63) is 137 Å². The van der Waals surface area contributed by atoms with Gasteiger partial charge in [-0.05, 0) is 105 Å². The number of alkyl halides is 3. The third-order valence-electron chi connectivity index (χ3n) is 7.71. The molecule has 1 N–H and O–H groups in total. The van der Waals surface area contributed by atoms with Crippen LogP contribution in [0.1, 0.15) is 45.9 Å². The standard InChI is InChI=1S/C34H29F3N4OS/c1-21-11-15-25(16-12-21)42-26-17-13-24(14-18-26)41-32(31(39-33(41)43)29-9-6-7-19-38-29)27-20-22(2)40(23(27)3)30-10-5-4-8-28(30)34(35,36)37/h4-20,31-32H,1-3H3,(H,39,43)/t31-,32-/m0/s1. The van der Waals surface area contributed by atoms with E-state index in [1.807, 2.05) is 98.5 Å². The van der Waals surface area contributed by atoms with E-state index in [1.165, 1.54) is 12.1 Å². The Labute approximate surface area is 253 Å². The lowest BCUT2D eigenvalue weighted by Crippen LogP contribution is -2.29. The van der Waals surface area contributed by atoms with Crippen molar-refractivity contribution >= 4 is 23.0 Å². The number of rotatable bonds is 6. The number of para-hydroxylation sites is 1. The van der Waals surface area contributed by atoms with Gasteiger partial charge in [-0.25, -0.2) is 0 Å². The van der Waals surface area contributed by atoms with E-state index < -0.39 is 11.7 Å². The van der Waals surface area contributed by atoms with Gasteiger partial charge in [0.2, 0.25) is 0 Å². The first-order chi connectivity index (χ1) is 20.6. The number of hydrogen-bond acceptors (Lipinski definition) is 3. The molecule has 1 fully saturated rings. The maximum absolute atomic E-state index is 14.0. The fourth-order valence-electron chi connectivity index (χ4n) is 5.73. The summed E-state index contributed by atoms with van der Waals surface area (Å²) in [5, 5.41) is 3.93. The van der Waals surface area contributed by atoms with Crippen molar-refractivity contribution in [2.24, 2.45) is 0 Å². The number of hydrogen-bond donors (Lipinski definition) is 1. The van der Waals surface area contributed by atoms with Crippen LogP contribution in [0, 0.1) is 20.8 Å². The largest absolute Gasteiger partial charge is 0.457 e. The van der Waals surface area contributed by atoms with Gasteiger partial charge in [-0.15, -0.1) is 0 Å². The monoisotopic (exact) mass is 598 g/mol. The number of thiocarbonyl (C=S) groups is 1. The van der Waals surface area contributed by atoms with E-state index in [9.17, 15) is 13.2 Å². The minimum atomic E-state index is -4.50. The summed E-state index contributed by atoms with van der Waals surface area (Å²) in [4.78, 5) is 6.61. The van der Waals surface area contributed by atoms with E-state index in [0.717, 1.165) is 34.3 Å². The van der Waals surface area contributed by atoms with E-state index in [4.69, 9.17) is 17.0 Å². The molecule has 5 aromatic rings. The molecule has 1 saturated heterocycles. The number of pyridine rings is 1. The van der Waals surface area contributed by atoms with Gasteiger partial charge < -0.3 is 19.5 Å². The second-order valence-electron chi connectivity index (χ2n) is 10.6. The van der Waals surface area contributed by atoms with Crippen molar-refractivity contribution in [3.8, 4) is 17.2 Å². The quantitative estimate of drug-likeness (QED) is 0.198. The van der Waals surface area contributed by atoms with Crippen LogP contribution in [0.2, 0.25) is 0 Å². The highest BCUT2D eigenvalue weighted by Gasteiger charge is 2.43. The molecule has 0 bridgehead atoms. The molecule has 0 aliphatic carbocycles.